The Balaban J connectivity index is 2.76. The average Bonchev–Trinajstić information content (AvgIpc) is 2.81. The molecule has 0 heterocycles. The molecule has 1 saturated carbocycles. The molecule has 4 heteroatoms. The van der Waals surface area contributed by atoms with Crippen LogP contribution in [-0.4, -0.2) is 48.7 Å². The molecule has 0 radical (unpaired) electrons. The highest BCUT2D eigenvalue weighted by Crippen LogP contribution is 2.35. The van der Waals surface area contributed by atoms with E-state index < -0.39 is 5.54 Å². The van der Waals surface area contributed by atoms with E-state index in [0.717, 1.165) is 19.3 Å². The number of nitrogens with zero attached hydrogens (tertiary/aromatic N) is 1. The van der Waals surface area contributed by atoms with Gasteiger partial charge in [0.2, 0.25) is 0 Å². The Morgan fingerprint density at radius 1 is 1.45 bits per heavy atom. The molecule has 0 aromatic carbocycles. The van der Waals surface area contributed by atoms with E-state index >= 15 is 0 Å². The summed E-state index contributed by atoms with van der Waals surface area (Å²) in [5.41, 5.74) is -0.492. The standard InChI is InChI=1S/C16H32N2O2/c1-7-8-13(4)18(5)14-9-10-16(11-14,15(19)20-6)17-12(2)3/h12-14,17H,7-11H2,1-6H3. The molecule has 0 aromatic rings. The summed E-state index contributed by atoms with van der Waals surface area (Å²) in [4.78, 5) is 14.7. The van der Waals surface area contributed by atoms with Gasteiger partial charge >= 0.3 is 5.97 Å². The van der Waals surface area contributed by atoms with Crippen LogP contribution in [0.15, 0.2) is 0 Å². The second kappa shape index (κ2) is 7.41. The molecular formula is C16H32N2O2. The lowest BCUT2D eigenvalue weighted by molar-refractivity contribution is -0.149. The van der Waals surface area contributed by atoms with Gasteiger partial charge in [-0.15, -0.1) is 0 Å². The van der Waals surface area contributed by atoms with Gasteiger partial charge < -0.3 is 9.64 Å². The first kappa shape index (κ1) is 17.4. The lowest BCUT2D eigenvalue weighted by atomic mass is 9.95. The molecule has 1 fully saturated rings. The number of hydrogen-bond acceptors (Lipinski definition) is 4. The maximum atomic E-state index is 12.2. The van der Waals surface area contributed by atoms with Crippen LogP contribution in [0.4, 0.5) is 0 Å². The van der Waals surface area contributed by atoms with Crippen molar-refractivity contribution in [1.82, 2.24) is 10.2 Å². The van der Waals surface area contributed by atoms with Gasteiger partial charge in [-0.3, -0.25) is 10.1 Å². The van der Waals surface area contributed by atoms with Crippen molar-refractivity contribution < 1.29 is 9.53 Å². The van der Waals surface area contributed by atoms with Crippen LogP contribution in [0.2, 0.25) is 0 Å². The number of nitrogens with one attached hydrogen (secondary N) is 1. The highest BCUT2D eigenvalue weighted by atomic mass is 16.5. The average molecular weight is 284 g/mol. The maximum Gasteiger partial charge on any atom is 0.326 e. The molecule has 118 valence electrons. The predicted octanol–water partition coefficient (Wildman–Crippen LogP) is 2.57. The van der Waals surface area contributed by atoms with Gasteiger partial charge in [0.25, 0.3) is 0 Å². The first-order valence-corrected chi connectivity index (χ1v) is 7.94. The van der Waals surface area contributed by atoms with Crippen LogP contribution in [0.5, 0.6) is 0 Å². The number of methoxy groups -OCH3 is 1. The van der Waals surface area contributed by atoms with Gasteiger partial charge in [-0.2, -0.15) is 0 Å². The van der Waals surface area contributed by atoms with E-state index in [1.165, 1.54) is 20.0 Å². The van der Waals surface area contributed by atoms with Crippen LogP contribution in [0.3, 0.4) is 0 Å². The summed E-state index contributed by atoms with van der Waals surface area (Å²) < 4.78 is 5.05. The number of esters is 1. The minimum atomic E-state index is -0.492. The number of ether oxygens (including phenoxy) is 1. The number of hydrogen-bond donors (Lipinski definition) is 1. The summed E-state index contributed by atoms with van der Waals surface area (Å²) in [6, 6.07) is 1.31. The fraction of sp³-hybridized carbons (Fsp3) is 0.938. The zero-order valence-corrected chi connectivity index (χ0v) is 14.0. The van der Waals surface area contributed by atoms with Crippen molar-refractivity contribution in [2.24, 2.45) is 0 Å². The summed E-state index contributed by atoms with van der Waals surface area (Å²) in [7, 11) is 3.68. The van der Waals surface area contributed by atoms with Gasteiger partial charge in [0.15, 0.2) is 0 Å². The zero-order valence-electron chi connectivity index (χ0n) is 14.0. The Hall–Kier alpha value is -0.610. The van der Waals surface area contributed by atoms with Crippen molar-refractivity contribution >= 4 is 5.97 Å². The van der Waals surface area contributed by atoms with Gasteiger partial charge in [-0.1, -0.05) is 13.3 Å². The summed E-state index contributed by atoms with van der Waals surface area (Å²) in [5, 5.41) is 3.46. The van der Waals surface area contributed by atoms with Gasteiger partial charge in [0.1, 0.15) is 5.54 Å². The van der Waals surface area contributed by atoms with E-state index in [-0.39, 0.29) is 12.0 Å². The van der Waals surface area contributed by atoms with E-state index in [4.69, 9.17) is 4.74 Å². The van der Waals surface area contributed by atoms with Crippen LogP contribution in [0, 0.1) is 0 Å². The SMILES string of the molecule is CCCC(C)N(C)C1CCC(NC(C)C)(C(=O)OC)C1. The number of carbonyl (C=O) groups excluding carboxylic acids is 1. The number of rotatable bonds is 7. The summed E-state index contributed by atoms with van der Waals surface area (Å²) in [6.07, 6.45) is 5.17. The zero-order chi connectivity index (χ0) is 15.3. The van der Waals surface area contributed by atoms with Crippen LogP contribution in [0.1, 0.15) is 59.8 Å². The molecule has 3 atom stereocenters. The molecule has 1 rings (SSSR count). The Bertz CT molecular complexity index is 320. The third kappa shape index (κ3) is 3.95. The summed E-state index contributed by atoms with van der Waals surface area (Å²) in [6.45, 7) is 8.67. The van der Waals surface area contributed by atoms with Crippen LogP contribution in [-0.2, 0) is 9.53 Å². The Kier molecular flexibility index (Phi) is 6.46. The first-order chi connectivity index (χ1) is 9.36. The largest absolute Gasteiger partial charge is 0.468 e. The smallest absolute Gasteiger partial charge is 0.326 e. The van der Waals surface area contributed by atoms with Crippen molar-refractivity contribution in [3.8, 4) is 0 Å². The van der Waals surface area contributed by atoms with E-state index in [1.807, 2.05) is 0 Å². The van der Waals surface area contributed by atoms with Gasteiger partial charge in [-0.25, -0.2) is 0 Å². The van der Waals surface area contributed by atoms with Crippen LogP contribution >= 0.6 is 0 Å². The second-order valence-electron chi connectivity index (χ2n) is 6.57. The Morgan fingerprint density at radius 2 is 2.10 bits per heavy atom. The van der Waals surface area contributed by atoms with Crippen molar-refractivity contribution in [2.75, 3.05) is 14.2 Å². The molecule has 1 aliphatic rings. The molecule has 3 unspecified atom stereocenters. The maximum absolute atomic E-state index is 12.2. The van der Waals surface area contributed by atoms with Crippen molar-refractivity contribution in [3.63, 3.8) is 0 Å². The summed E-state index contributed by atoms with van der Waals surface area (Å²) >= 11 is 0. The fourth-order valence-corrected chi connectivity index (χ4v) is 3.47. The molecule has 1 aliphatic carbocycles. The normalized spacial score (nSPS) is 28.1. The summed E-state index contributed by atoms with van der Waals surface area (Å²) in [5.74, 6) is -0.106. The van der Waals surface area contributed by atoms with Gasteiger partial charge in [0.05, 0.1) is 7.11 Å². The molecule has 0 spiro atoms. The van der Waals surface area contributed by atoms with Crippen molar-refractivity contribution in [2.45, 2.75) is 83.5 Å². The third-order valence-electron chi connectivity index (χ3n) is 4.61. The van der Waals surface area contributed by atoms with E-state index in [0.29, 0.717) is 12.1 Å². The monoisotopic (exact) mass is 284 g/mol. The molecule has 0 aromatic heterocycles. The topological polar surface area (TPSA) is 41.6 Å². The third-order valence-corrected chi connectivity index (χ3v) is 4.61. The van der Waals surface area contributed by atoms with Gasteiger partial charge in [-0.05, 0) is 53.5 Å². The molecule has 1 N–H and O–H groups in total. The lowest BCUT2D eigenvalue weighted by Gasteiger charge is -2.34. The van der Waals surface area contributed by atoms with Gasteiger partial charge in [0, 0.05) is 18.1 Å². The molecule has 0 aliphatic heterocycles. The molecule has 0 saturated heterocycles. The van der Waals surface area contributed by atoms with Crippen molar-refractivity contribution in [1.29, 1.82) is 0 Å². The quantitative estimate of drug-likeness (QED) is 0.730. The molecule has 0 amide bonds. The molecule has 0 bridgehead atoms. The molecule has 4 nitrogen and oxygen atoms in total. The Morgan fingerprint density at radius 3 is 2.60 bits per heavy atom. The predicted molar refractivity (Wildman–Crippen MR) is 82.8 cm³/mol. The highest BCUT2D eigenvalue weighted by molar-refractivity contribution is 5.81. The van der Waals surface area contributed by atoms with E-state index in [1.54, 1.807) is 0 Å². The first-order valence-electron chi connectivity index (χ1n) is 7.94. The van der Waals surface area contributed by atoms with E-state index in [2.05, 4.69) is 45.0 Å². The van der Waals surface area contributed by atoms with E-state index in [9.17, 15) is 4.79 Å². The minimum absolute atomic E-state index is 0.106. The van der Waals surface area contributed by atoms with Crippen LogP contribution < -0.4 is 5.32 Å². The van der Waals surface area contributed by atoms with Crippen LogP contribution in [0.25, 0.3) is 0 Å². The molecular weight excluding hydrogens is 252 g/mol. The highest BCUT2D eigenvalue weighted by Gasteiger charge is 2.47. The second-order valence-corrected chi connectivity index (χ2v) is 6.57. The van der Waals surface area contributed by atoms with Crippen molar-refractivity contribution in [3.05, 3.63) is 0 Å². The molecule has 20 heavy (non-hydrogen) atoms. The Labute approximate surface area is 124 Å². The minimum Gasteiger partial charge on any atom is -0.468 e. The lowest BCUT2D eigenvalue weighted by Crippen LogP contribution is -2.54. The number of carbonyl (C=O) groups is 1. The fourth-order valence-electron chi connectivity index (χ4n) is 3.47.